The highest BCUT2D eigenvalue weighted by Gasteiger charge is 2.26. The van der Waals surface area contributed by atoms with Gasteiger partial charge in [0, 0.05) is 24.8 Å². The highest BCUT2D eigenvalue weighted by atomic mass is 15.2. The van der Waals surface area contributed by atoms with E-state index in [2.05, 4.69) is 49.9 Å². The molecular weight excluding hydrogens is 208 g/mol. The number of para-hydroxylation sites is 1. The summed E-state index contributed by atoms with van der Waals surface area (Å²) in [5, 5.41) is 0. The minimum atomic E-state index is 0.115. The minimum Gasteiger partial charge on any atom is -0.371 e. The third-order valence-electron chi connectivity index (χ3n) is 3.94. The average molecular weight is 232 g/mol. The molecule has 1 saturated heterocycles. The number of hydrogen-bond acceptors (Lipinski definition) is 2. The first kappa shape index (κ1) is 12.4. The number of anilines is 1. The number of nitrogens with zero attached hydrogens (tertiary/aromatic N) is 1. The molecule has 1 aromatic rings. The molecule has 1 heterocycles. The Morgan fingerprint density at radius 3 is 2.53 bits per heavy atom. The SMILES string of the molecule is CC(C)C1CCN(c2ccccc2[C@H](C)N)C1. The zero-order valence-corrected chi connectivity index (χ0v) is 11.2. The van der Waals surface area contributed by atoms with Crippen LogP contribution in [0.25, 0.3) is 0 Å². The Hall–Kier alpha value is -1.02. The van der Waals surface area contributed by atoms with Crippen molar-refractivity contribution < 1.29 is 0 Å². The van der Waals surface area contributed by atoms with Crippen molar-refractivity contribution in [2.75, 3.05) is 18.0 Å². The molecule has 0 saturated carbocycles. The van der Waals surface area contributed by atoms with Gasteiger partial charge in [-0.15, -0.1) is 0 Å². The molecule has 2 heteroatoms. The van der Waals surface area contributed by atoms with Crippen molar-refractivity contribution in [2.45, 2.75) is 33.2 Å². The summed E-state index contributed by atoms with van der Waals surface area (Å²) in [4.78, 5) is 2.50. The van der Waals surface area contributed by atoms with Crippen LogP contribution in [0.3, 0.4) is 0 Å². The quantitative estimate of drug-likeness (QED) is 0.867. The summed E-state index contributed by atoms with van der Waals surface area (Å²) < 4.78 is 0. The van der Waals surface area contributed by atoms with E-state index >= 15 is 0 Å². The summed E-state index contributed by atoms with van der Waals surface area (Å²) in [7, 11) is 0. The van der Waals surface area contributed by atoms with Gasteiger partial charge in [0.05, 0.1) is 0 Å². The van der Waals surface area contributed by atoms with Crippen LogP contribution in [0.15, 0.2) is 24.3 Å². The topological polar surface area (TPSA) is 29.3 Å². The maximum atomic E-state index is 6.05. The van der Waals surface area contributed by atoms with Crippen LogP contribution in [0.2, 0.25) is 0 Å². The molecule has 94 valence electrons. The number of benzene rings is 1. The van der Waals surface area contributed by atoms with E-state index in [0.29, 0.717) is 0 Å². The van der Waals surface area contributed by atoms with E-state index in [1.807, 2.05) is 0 Å². The fraction of sp³-hybridized carbons (Fsp3) is 0.600. The molecule has 1 aromatic carbocycles. The molecule has 1 unspecified atom stereocenters. The maximum Gasteiger partial charge on any atom is 0.0414 e. The van der Waals surface area contributed by atoms with Crippen molar-refractivity contribution >= 4 is 5.69 Å². The molecule has 1 fully saturated rings. The van der Waals surface area contributed by atoms with Gasteiger partial charge in [-0.25, -0.2) is 0 Å². The number of rotatable bonds is 3. The monoisotopic (exact) mass is 232 g/mol. The van der Waals surface area contributed by atoms with Crippen LogP contribution in [0, 0.1) is 11.8 Å². The van der Waals surface area contributed by atoms with Crippen LogP contribution in [0.4, 0.5) is 5.69 Å². The number of hydrogen-bond donors (Lipinski definition) is 1. The van der Waals surface area contributed by atoms with E-state index in [1.54, 1.807) is 0 Å². The van der Waals surface area contributed by atoms with Crippen LogP contribution in [0.1, 0.15) is 38.8 Å². The lowest BCUT2D eigenvalue weighted by Gasteiger charge is -2.24. The van der Waals surface area contributed by atoms with Crippen molar-refractivity contribution in [3.8, 4) is 0 Å². The molecule has 1 aliphatic heterocycles. The molecule has 0 bridgehead atoms. The molecule has 2 rings (SSSR count). The first-order valence-corrected chi connectivity index (χ1v) is 6.69. The Bertz CT molecular complexity index is 371. The Morgan fingerprint density at radius 2 is 1.94 bits per heavy atom. The van der Waals surface area contributed by atoms with E-state index in [4.69, 9.17) is 5.73 Å². The van der Waals surface area contributed by atoms with Crippen molar-refractivity contribution in [2.24, 2.45) is 17.6 Å². The first-order chi connectivity index (χ1) is 8.09. The van der Waals surface area contributed by atoms with E-state index < -0.39 is 0 Å². The summed E-state index contributed by atoms with van der Waals surface area (Å²) in [6.07, 6.45) is 1.31. The third kappa shape index (κ3) is 2.63. The summed E-state index contributed by atoms with van der Waals surface area (Å²) in [6, 6.07) is 8.68. The summed E-state index contributed by atoms with van der Waals surface area (Å²) in [6.45, 7) is 9.07. The second-order valence-electron chi connectivity index (χ2n) is 5.59. The largest absolute Gasteiger partial charge is 0.371 e. The molecule has 0 aliphatic carbocycles. The van der Waals surface area contributed by atoms with Gasteiger partial charge < -0.3 is 10.6 Å². The molecule has 1 aliphatic rings. The van der Waals surface area contributed by atoms with Gasteiger partial charge in [0.25, 0.3) is 0 Å². The Labute approximate surface area is 105 Å². The van der Waals surface area contributed by atoms with Gasteiger partial charge in [-0.3, -0.25) is 0 Å². The molecule has 0 amide bonds. The van der Waals surface area contributed by atoms with Gasteiger partial charge in [0.2, 0.25) is 0 Å². The minimum absolute atomic E-state index is 0.115. The third-order valence-corrected chi connectivity index (χ3v) is 3.94. The standard InChI is InChI=1S/C15H24N2/c1-11(2)13-8-9-17(10-13)15-7-5-4-6-14(15)12(3)16/h4-7,11-13H,8-10,16H2,1-3H3/t12-,13?/m0/s1. The van der Waals surface area contributed by atoms with Gasteiger partial charge in [-0.05, 0) is 36.8 Å². The maximum absolute atomic E-state index is 6.05. The van der Waals surface area contributed by atoms with Crippen LogP contribution >= 0.6 is 0 Å². The van der Waals surface area contributed by atoms with E-state index in [1.165, 1.54) is 30.8 Å². The van der Waals surface area contributed by atoms with Crippen molar-refractivity contribution in [1.29, 1.82) is 0 Å². The van der Waals surface area contributed by atoms with Gasteiger partial charge in [0.15, 0.2) is 0 Å². The average Bonchev–Trinajstić information content (AvgIpc) is 2.78. The predicted octanol–water partition coefficient (Wildman–Crippen LogP) is 3.19. The Morgan fingerprint density at radius 1 is 1.24 bits per heavy atom. The molecule has 2 nitrogen and oxygen atoms in total. The lowest BCUT2D eigenvalue weighted by molar-refractivity contribution is 0.422. The van der Waals surface area contributed by atoms with E-state index in [0.717, 1.165) is 11.8 Å². The second-order valence-corrected chi connectivity index (χ2v) is 5.59. The zero-order valence-electron chi connectivity index (χ0n) is 11.2. The highest BCUT2D eigenvalue weighted by molar-refractivity contribution is 5.55. The molecule has 0 radical (unpaired) electrons. The van der Waals surface area contributed by atoms with Gasteiger partial charge >= 0.3 is 0 Å². The van der Waals surface area contributed by atoms with Gasteiger partial charge in [-0.2, -0.15) is 0 Å². The van der Waals surface area contributed by atoms with Crippen molar-refractivity contribution in [1.82, 2.24) is 0 Å². The summed E-state index contributed by atoms with van der Waals surface area (Å²) in [5.41, 5.74) is 8.66. The molecule has 2 N–H and O–H groups in total. The first-order valence-electron chi connectivity index (χ1n) is 6.69. The van der Waals surface area contributed by atoms with Gasteiger partial charge in [0.1, 0.15) is 0 Å². The van der Waals surface area contributed by atoms with Crippen molar-refractivity contribution in [3.05, 3.63) is 29.8 Å². The zero-order chi connectivity index (χ0) is 12.4. The highest BCUT2D eigenvalue weighted by Crippen LogP contribution is 2.32. The van der Waals surface area contributed by atoms with Crippen molar-refractivity contribution in [3.63, 3.8) is 0 Å². The fourth-order valence-corrected chi connectivity index (χ4v) is 2.71. The summed E-state index contributed by atoms with van der Waals surface area (Å²) >= 11 is 0. The second kappa shape index (κ2) is 5.09. The molecule has 0 spiro atoms. The van der Waals surface area contributed by atoms with Crippen LogP contribution in [0.5, 0.6) is 0 Å². The Kier molecular flexibility index (Phi) is 3.72. The van der Waals surface area contributed by atoms with Crippen LogP contribution in [-0.4, -0.2) is 13.1 Å². The van der Waals surface area contributed by atoms with Crippen LogP contribution in [-0.2, 0) is 0 Å². The lowest BCUT2D eigenvalue weighted by atomic mass is 9.95. The molecule has 17 heavy (non-hydrogen) atoms. The predicted molar refractivity (Wildman–Crippen MR) is 74.2 cm³/mol. The lowest BCUT2D eigenvalue weighted by Crippen LogP contribution is -2.23. The normalized spacial score (nSPS) is 22.2. The van der Waals surface area contributed by atoms with Gasteiger partial charge in [-0.1, -0.05) is 32.0 Å². The molecular formula is C15H24N2. The smallest absolute Gasteiger partial charge is 0.0414 e. The van der Waals surface area contributed by atoms with E-state index in [-0.39, 0.29) is 6.04 Å². The fourth-order valence-electron chi connectivity index (χ4n) is 2.71. The van der Waals surface area contributed by atoms with E-state index in [9.17, 15) is 0 Å². The Balaban J connectivity index is 2.18. The number of nitrogens with two attached hydrogens (primary N) is 1. The van der Waals surface area contributed by atoms with Crippen LogP contribution < -0.4 is 10.6 Å². The molecule has 2 atom stereocenters. The summed E-state index contributed by atoms with van der Waals surface area (Å²) in [5.74, 6) is 1.61. The molecule has 0 aromatic heterocycles.